The van der Waals surface area contributed by atoms with Crippen LogP contribution in [0.5, 0.6) is 0 Å². The van der Waals surface area contributed by atoms with Gasteiger partial charge in [-0.15, -0.1) is 0 Å². The molecule has 0 spiro atoms. The van der Waals surface area contributed by atoms with Crippen LogP contribution in [0.15, 0.2) is 65.8 Å². The van der Waals surface area contributed by atoms with Crippen molar-refractivity contribution < 1.29 is 17.6 Å². The van der Waals surface area contributed by atoms with Crippen LogP contribution in [0, 0.1) is 5.82 Å². The van der Waals surface area contributed by atoms with E-state index in [9.17, 15) is 17.6 Å². The Bertz CT molecular complexity index is 1030. The van der Waals surface area contributed by atoms with E-state index in [1.54, 1.807) is 35.1 Å². The van der Waals surface area contributed by atoms with E-state index in [1.807, 2.05) is 12.3 Å². The van der Waals surface area contributed by atoms with Crippen molar-refractivity contribution in [3.63, 3.8) is 0 Å². The van der Waals surface area contributed by atoms with E-state index in [0.29, 0.717) is 12.1 Å². The molecule has 1 amide bonds. The van der Waals surface area contributed by atoms with E-state index in [4.69, 9.17) is 0 Å². The summed E-state index contributed by atoms with van der Waals surface area (Å²) in [6.45, 7) is 0.569. The zero-order chi connectivity index (χ0) is 18.7. The first-order valence-corrected chi connectivity index (χ1v) is 9.59. The van der Waals surface area contributed by atoms with Crippen LogP contribution in [-0.2, 0) is 16.4 Å². The first-order chi connectivity index (χ1) is 12.3. The van der Waals surface area contributed by atoms with Gasteiger partial charge in [-0.25, -0.2) is 12.8 Å². The minimum Gasteiger partial charge on any atom is -0.319 e. The van der Waals surface area contributed by atoms with E-state index in [-0.39, 0.29) is 10.6 Å². The second kappa shape index (κ2) is 7.09. The van der Waals surface area contributed by atoms with Crippen LogP contribution >= 0.6 is 0 Å². The fraction of sp³-hybridized carbons (Fsp3) is 0.111. The van der Waals surface area contributed by atoms with Crippen molar-refractivity contribution in [2.75, 3.05) is 11.6 Å². The molecule has 0 bridgehead atoms. The third-order valence-corrected chi connectivity index (χ3v) is 4.84. The Kier molecular flexibility index (Phi) is 4.85. The highest BCUT2D eigenvalue weighted by atomic mass is 32.2. The molecule has 1 heterocycles. The number of nitrogens with zero attached hydrogens (tertiary/aromatic N) is 2. The van der Waals surface area contributed by atoms with E-state index in [2.05, 4.69) is 10.4 Å². The molecule has 8 heteroatoms. The molecular formula is C18H16FN3O3S. The lowest BCUT2D eigenvalue weighted by atomic mass is 10.1. The van der Waals surface area contributed by atoms with Gasteiger partial charge in [-0.1, -0.05) is 12.1 Å². The SMILES string of the molecule is CS(=O)(=O)c1ccc(F)c(NC(=O)c2ccc(Cn3cccn3)cc2)c1. The summed E-state index contributed by atoms with van der Waals surface area (Å²) < 4.78 is 38.8. The fourth-order valence-electron chi connectivity index (χ4n) is 2.37. The highest BCUT2D eigenvalue weighted by Crippen LogP contribution is 2.20. The Morgan fingerprint density at radius 1 is 1.19 bits per heavy atom. The summed E-state index contributed by atoms with van der Waals surface area (Å²) in [5, 5.41) is 6.52. The first-order valence-electron chi connectivity index (χ1n) is 7.70. The molecule has 6 nitrogen and oxygen atoms in total. The van der Waals surface area contributed by atoms with E-state index < -0.39 is 21.6 Å². The van der Waals surface area contributed by atoms with Crippen LogP contribution < -0.4 is 5.32 Å². The molecule has 0 radical (unpaired) electrons. The number of amides is 1. The highest BCUT2D eigenvalue weighted by molar-refractivity contribution is 7.90. The zero-order valence-electron chi connectivity index (χ0n) is 13.9. The average molecular weight is 373 g/mol. The lowest BCUT2D eigenvalue weighted by molar-refractivity contribution is 0.102. The Morgan fingerprint density at radius 3 is 2.54 bits per heavy atom. The maximum Gasteiger partial charge on any atom is 0.255 e. The second-order valence-electron chi connectivity index (χ2n) is 5.77. The molecule has 0 atom stereocenters. The summed E-state index contributed by atoms with van der Waals surface area (Å²) in [6, 6.07) is 11.9. The van der Waals surface area contributed by atoms with Gasteiger partial charge in [-0.05, 0) is 42.0 Å². The van der Waals surface area contributed by atoms with Gasteiger partial charge in [0, 0.05) is 24.2 Å². The number of benzene rings is 2. The van der Waals surface area contributed by atoms with Crippen LogP contribution in [0.4, 0.5) is 10.1 Å². The smallest absolute Gasteiger partial charge is 0.255 e. The molecule has 3 rings (SSSR count). The van der Waals surface area contributed by atoms with Crippen molar-refractivity contribution in [2.45, 2.75) is 11.4 Å². The Labute approximate surface area is 150 Å². The summed E-state index contributed by atoms with van der Waals surface area (Å²) >= 11 is 0. The van der Waals surface area contributed by atoms with Gasteiger partial charge in [0.25, 0.3) is 5.91 Å². The van der Waals surface area contributed by atoms with Crippen molar-refractivity contribution >= 4 is 21.4 Å². The summed E-state index contributed by atoms with van der Waals surface area (Å²) in [5.74, 6) is -1.23. The topological polar surface area (TPSA) is 81.1 Å². The van der Waals surface area contributed by atoms with Crippen LogP contribution in [0.25, 0.3) is 0 Å². The predicted octanol–water partition coefficient (Wildman–Crippen LogP) is 2.73. The maximum atomic E-state index is 13.9. The van der Waals surface area contributed by atoms with Gasteiger partial charge in [0.2, 0.25) is 0 Å². The van der Waals surface area contributed by atoms with Crippen LogP contribution in [0.2, 0.25) is 0 Å². The lowest BCUT2D eigenvalue weighted by Crippen LogP contribution is -2.14. The van der Waals surface area contributed by atoms with Gasteiger partial charge >= 0.3 is 0 Å². The summed E-state index contributed by atoms with van der Waals surface area (Å²) in [4.78, 5) is 12.2. The Morgan fingerprint density at radius 2 is 1.92 bits per heavy atom. The third-order valence-electron chi connectivity index (χ3n) is 3.73. The molecule has 0 saturated heterocycles. The van der Waals surface area contributed by atoms with Crippen molar-refractivity contribution in [3.05, 3.63) is 77.9 Å². The van der Waals surface area contributed by atoms with Crippen LogP contribution in [0.3, 0.4) is 0 Å². The van der Waals surface area contributed by atoms with Crippen molar-refractivity contribution in [2.24, 2.45) is 0 Å². The van der Waals surface area contributed by atoms with Crippen LogP contribution in [-0.4, -0.2) is 30.4 Å². The minimum atomic E-state index is -3.50. The summed E-state index contributed by atoms with van der Waals surface area (Å²) in [6.07, 6.45) is 4.53. The molecule has 1 N–H and O–H groups in total. The number of sulfone groups is 1. The predicted molar refractivity (Wildman–Crippen MR) is 95.2 cm³/mol. The molecule has 3 aromatic rings. The minimum absolute atomic E-state index is 0.0660. The van der Waals surface area contributed by atoms with E-state index >= 15 is 0 Å². The average Bonchev–Trinajstić information content (AvgIpc) is 3.09. The number of carbonyl (C=O) groups is 1. The lowest BCUT2D eigenvalue weighted by Gasteiger charge is -2.09. The van der Waals surface area contributed by atoms with Crippen molar-refractivity contribution in [3.8, 4) is 0 Å². The first kappa shape index (κ1) is 17.8. The molecule has 0 aliphatic rings. The Balaban J connectivity index is 1.76. The van der Waals surface area contributed by atoms with Crippen molar-refractivity contribution in [1.29, 1.82) is 0 Å². The monoisotopic (exact) mass is 373 g/mol. The van der Waals surface area contributed by atoms with Gasteiger partial charge in [0.05, 0.1) is 17.1 Å². The van der Waals surface area contributed by atoms with Gasteiger partial charge < -0.3 is 5.32 Å². The largest absolute Gasteiger partial charge is 0.319 e. The number of aromatic nitrogens is 2. The fourth-order valence-corrected chi connectivity index (χ4v) is 3.02. The Hall–Kier alpha value is -3.00. The van der Waals surface area contributed by atoms with Gasteiger partial charge in [0.1, 0.15) is 5.82 Å². The maximum absolute atomic E-state index is 13.9. The van der Waals surface area contributed by atoms with Gasteiger partial charge in [0.15, 0.2) is 9.84 Å². The standard InChI is InChI=1S/C18H16FN3O3S/c1-26(24,25)15-7-8-16(19)17(11-15)21-18(23)14-5-3-13(4-6-14)12-22-10-2-9-20-22/h2-11H,12H2,1H3,(H,21,23). The quantitative estimate of drug-likeness (QED) is 0.698. The number of nitrogens with one attached hydrogen (secondary N) is 1. The molecule has 134 valence electrons. The van der Waals surface area contributed by atoms with Gasteiger partial charge in [-0.3, -0.25) is 9.48 Å². The normalized spacial score (nSPS) is 11.3. The zero-order valence-corrected chi connectivity index (χ0v) is 14.7. The molecule has 0 fully saturated rings. The summed E-state index contributed by atoms with van der Waals surface area (Å²) in [7, 11) is -3.50. The summed E-state index contributed by atoms with van der Waals surface area (Å²) in [5.41, 5.74) is 1.10. The molecule has 26 heavy (non-hydrogen) atoms. The highest BCUT2D eigenvalue weighted by Gasteiger charge is 2.14. The number of halogens is 1. The van der Waals surface area contributed by atoms with Gasteiger partial charge in [-0.2, -0.15) is 5.10 Å². The molecule has 0 unspecified atom stereocenters. The number of rotatable bonds is 5. The molecule has 0 saturated carbocycles. The number of carbonyl (C=O) groups excluding carboxylic acids is 1. The molecular weight excluding hydrogens is 357 g/mol. The second-order valence-corrected chi connectivity index (χ2v) is 7.78. The molecule has 1 aromatic heterocycles. The third kappa shape index (κ3) is 4.15. The molecule has 0 aliphatic carbocycles. The van der Waals surface area contributed by atoms with Crippen molar-refractivity contribution in [1.82, 2.24) is 9.78 Å². The number of hydrogen-bond acceptors (Lipinski definition) is 4. The van der Waals surface area contributed by atoms with E-state index in [1.165, 1.54) is 0 Å². The number of hydrogen-bond donors (Lipinski definition) is 1. The molecule has 2 aromatic carbocycles. The van der Waals surface area contributed by atoms with Crippen LogP contribution in [0.1, 0.15) is 15.9 Å². The van der Waals surface area contributed by atoms with E-state index in [0.717, 1.165) is 30.0 Å². The number of anilines is 1. The molecule has 0 aliphatic heterocycles.